The predicted octanol–water partition coefficient (Wildman–Crippen LogP) is 3.01. The van der Waals surface area contributed by atoms with E-state index in [-0.39, 0.29) is 11.5 Å². The monoisotopic (exact) mass is 278 g/mol. The molecule has 1 aliphatic heterocycles. The number of hydrogen-bond acceptors (Lipinski definition) is 2. The Morgan fingerprint density at radius 2 is 2.05 bits per heavy atom. The molecule has 2 bridgehead atoms. The Kier molecular flexibility index (Phi) is 3.20. The van der Waals surface area contributed by atoms with Gasteiger partial charge in [0, 0.05) is 6.04 Å². The molecule has 114 valence electrons. The Morgan fingerprint density at radius 3 is 2.60 bits per heavy atom. The maximum atomic E-state index is 12.8. The molecule has 0 radical (unpaired) electrons. The molecule has 1 amide bonds. The maximum Gasteiger partial charge on any atom is 0.241 e. The second-order valence-electron chi connectivity index (χ2n) is 8.67. The number of carbonyl (C=O) groups is 1. The molecular formula is C17H30N2O. The van der Waals surface area contributed by atoms with Crippen LogP contribution in [0, 0.1) is 22.7 Å². The lowest BCUT2D eigenvalue weighted by molar-refractivity contribution is -0.136. The smallest absolute Gasteiger partial charge is 0.241 e. The lowest BCUT2D eigenvalue weighted by atomic mass is 9.67. The van der Waals surface area contributed by atoms with Crippen molar-refractivity contribution in [2.24, 2.45) is 22.7 Å². The SMILES string of the molecule is CC(C)CC1NCN(C2C3(C)CCC(C3)C2(C)C)C1=O. The summed E-state index contributed by atoms with van der Waals surface area (Å²) in [6.45, 7) is 12.3. The first kappa shape index (κ1) is 14.4. The van der Waals surface area contributed by atoms with E-state index in [9.17, 15) is 4.79 Å². The molecular weight excluding hydrogens is 248 g/mol. The van der Waals surface area contributed by atoms with Gasteiger partial charge in [-0.25, -0.2) is 0 Å². The number of rotatable bonds is 3. The van der Waals surface area contributed by atoms with E-state index in [2.05, 4.69) is 44.8 Å². The van der Waals surface area contributed by atoms with Crippen LogP contribution >= 0.6 is 0 Å². The third kappa shape index (κ3) is 1.93. The topological polar surface area (TPSA) is 32.3 Å². The van der Waals surface area contributed by atoms with E-state index in [0.717, 1.165) is 19.0 Å². The number of fused-ring (bicyclic) bond motifs is 2. The number of carbonyl (C=O) groups excluding carboxylic acids is 1. The molecule has 0 aromatic heterocycles. The van der Waals surface area contributed by atoms with Crippen molar-refractivity contribution in [3.8, 4) is 0 Å². The van der Waals surface area contributed by atoms with Gasteiger partial charge >= 0.3 is 0 Å². The number of hydrogen-bond donors (Lipinski definition) is 1. The van der Waals surface area contributed by atoms with Gasteiger partial charge in [-0.1, -0.05) is 34.6 Å². The van der Waals surface area contributed by atoms with E-state index >= 15 is 0 Å². The predicted molar refractivity (Wildman–Crippen MR) is 81.1 cm³/mol. The minimum absolute atomic E-state index is 0.0496. The zero-order valence-electron chi connectivity index (χ0n) is 13.7. The van der Waals surface area contributed by atoms with Gasteiger partial charge in [-0.3, -0.25) is 10.1 Å². The van der Waals surface area contributed by atoms with Crippen molar-refractivity contribution >= 4 is 5.91 Å². The zero-order valence-corrected chi connectivity index (χ0v) is 13.7. The van der Waals surface area contributed by atoms with Crippen molar-refractivity contribution < 1.29 is 4.79 Å². The molecule has 1 N–H and O–H groups in total. The summed E-state index contributed by atoms with van der Waals surface area (Å²) in [5.74, 6) is 1.72. The van der Waals surface area contributed by atoms with Crippen LogP contribution in [0.3, 0.4) is 0 Å². The third-order valence-corrected chi connectivity index (χ3v) is 6.30. The van der Waals surface area contributed by atoms with Crippen LogP contribution in [0.5, 0.6) is 0 Å². The minimum Gasteiger partial charge on any atom is -0.324 e. The van der Waals surface area contributed by atoms with Gasteiger partial charge in [-0.2, -0.15) is 0 Å². The van der Waals surface area contributed by atoms with Gasteiger partial charge < -0.3 is 4.90 Å². The molecule has 2 saturated carbocycles. The highest BCUT2D eigenvalue weighted by molar-refractivity contribution is 5.84. The second-order valence-corrected chi connectivity index (χ2v) is 8.67. The first-order chi connectivity index (χ1) is 9.25. The zero-order chi connectivity index (χ0) is 14.7. The fourth-order valence-corrected chi connectivity index (χ4v) is 5.50. The summed E-state index contributed by atoms with van der Waals surface area (Å²) in [4.78, 5) is 15.0. The molecule has 3 nitrogen and oxygen atoms in total. The summed E-state index contributed by atoms with van der Waals surface area (Å²) in [6.07, 6.45) is 4.92. The summed E-state index contributed by atoms with van der Waals surface area (Å²) in [5.41, 5.74) is 0.620. The lowest BCUT2D eigenvalue weighted by Gasteiger charge is -2.47. The van der Waals surface area contributed by atoms with Gasteiger partial charge in [0.25, 0.3) is 0 Å². The average molecular weight is 278 g/mol. The van der Waals surface area contributed by atoms with Crippen LogP contribution in [-0.2, 0) is 4.79 Å². The van der Waals surface area contributed by atoms with Gasteiger partial charge in [0.15, 0.2) is 0 Å². The quantitative estimate of drug-likeness (QED) is 0.860. The molecule has 3 heteroatoms. The summed E-state index contributed by atoms with van der Waals surface area (Å²) in [5, 5.41) is 3.46. The van der Waals surface area contributed by atoms with Crippen molar-refractivity contribution in [1.29, 1.82) is 0 Å². The van der Waals surface area contributed by atoms with Gasteiger partial charge in [0.1, 0.15) is 0 Å². The number of nitrogens with one attached hydrogen (secondary N) is 1. The van der Waals surface area contributed by atoms with Crippen molar-refractivity contribution in [3.05, 3.63) is 0 Å². The normalized spacial score (nSPS) is 43.0. The van der Waals surface area contributed by atoms with E-state index in [0.29, 0.717) is 23.3 Å². The van der Waals surface area contributed by atoms with Gasteiger partial charge in [-0.05, 0) is 48.3 Å². The van der Waals surface area contributed by atoms with Crippen LogP contribution < -0.4 is 5.32 Å². The summed E-state index contributed by atoms with van der Waals surface area (Å²) < 4.78 is 0. The molecule has 20 heavy (non-hydrogen) atoms. The van der Waals surface area contributed by atoms with E-state index < -0.39 is 0 Å². The van der Waals surface area contributed by atoms with Crippen LogP contribution in [0.1, 0.15) is 60.3 Å². The number of amides is 1. The van der Waals surface area contributed by atoms with Crippen LogP contribution in [-0.4, -0.2) is 29.6 Å². The Morgan fingerprint density at radius 1 is 1.35 bits per heavy atom. The molecule has 1 heterocycles. The van der Waals surface area contributed by atoms with Gasteiger partial charge in [0.2, 0.25) is 5.91 Å². The van der Waals surface area contributed by atoms with E-state index in [1.165, 1.54) is 19.3 Å². The molecule has 3 fully saturated rings. The maximum absolute atomic E-state index is 12.8. The molecule has 2 aliphatic carbocycles. The molecule has 0 aromatic rings. The molecule has 0 spiro atoms. The highest BCUT2D eigenvalue weighted by atomic mass is 16.2. The minimum atomic E-state index is 0.0496. The van der Waals surface area contributed by atoms with Gasteiger partial charge in [0.05, 0.1) is 12.7 Å². The first-order valence-corrected chi connectivity index (χ1v) is 8.29. The molecule has 4 atom stereocenters. The molecule has 1 saturated heterocycles. The Hall–Kier alpha value is -0.570. The van der Waals surface area contributed by atoms with Crippen LogP contribution in [0.25, 0.3) is 0 Å². The lowest BCUT2D eigenvalue weighted by Crippen LogP contribution is -2.53. The highest BCUT2D eigenvalue weighted by Gasteiger charge is 2.62. The molecule has 3 aliphatic rings. The Balaban J connectivity index is 1.82. The van der Waals surface area contributed by atoms with Crippen molar-refractivity contribution in [1.82, 2.24) is 10.2 Å². The van der Waals surface area contributed by atoms with Crippen LogP contribution in [0.15, 0.2) is 0 Å². The van der Waals surface area contributed by atoms with Crippen LogP contribution in [0.4, 0.5) is 0 Å². The fraction of sp³-hybridized carbons (Fsp3) is 0.941. The van der Waals surface area contributed by atoms with E-state index in [1.807, 2.05) is 0 Å². The van der Waals surface area contributed by atoms with Crippen molar-refractivity contribution in [2.45, 2.75) is 72.4 Å². The number of nitrogens with zero attached hydrogens (tertiary/aromatic N) is 1. The highest BCUT2D eigenvalue weighted by Crippen LogP contribution is 2.64. The molecule has 0 aromatic carbocycles. The largest absolute Gasteiger partial charge is 0.324 e. The van der Waals surface area contributed by atoms with E-state index in [1.54, 1.807) is 0 Å². The first-order valence-electron chi connectivity index (χ1n) is 8.29. The standard InChI is InChI=1S/C17H30N2O/c1-11(2)8-13-14(20)19(10-18-13)15-16(3,4)12-6-7-17(15,5)9-12/h11-13,15,18H,6-10H2,1-5H3. The summed E-state index contributed by atoms with van der Waals surface area (Å²) in [6, 6.07) is 0.472. The Labute approximate surface area is 123 Å². The average Bonchev–Trinajstić information content (AvgIpc) is 2.92. The second kappa shape index (κ2) is 4.46. The summed E-state index contributed by atoms with van der Waals surface area (Å²) in [7, 11) is 0. The van der Waals surface area contributed by atoms with Crippen molar-refractivity contribution in [3.63, 3.8) is 0 Å². The van der Waals surface area contributed by atoms with Crippen molar-refractivity contribution in [2.75, 3.05) is 6.67 Å². The molecule has 4 unspecified atom stereocenters. The fourth-order valence-electron chi connectivity index (χ4n) is 5.50. The van der Waals surface area contributed by atoms with Gasteiger partial charge in [-0.15, -0.1) is 0 Å². The molecule has 3 rings (SSSR count). The van der Waals surface area contributed by atoms with Crippen LogP contribution in [0.2, 0.25) is 0 Å². The third-order valence-electron chi connectivity index (χ3n) is 6.30. The Bertz CT molecular complexity index is 412. The summed E-state index contributed by atoms with van der Waals surface area (Å²) >= 11 is 0. The van der Waals surface area contributed by atoms with E-state index in [4.69, 9.17) is 0 Å².